The van der Waals surface area contributed by atoms with Gasteiger partial charge in [0.15, 0.2) is 12.6 Å². The van der Waals surface area contributed by atoms with Gasteiger partial charge in [-0.15, -0.1) is 0 Å². The molecule has 2 N–H and O–H groups in total. The second-order valence-corrected chi connectivity index (χ2v) is 25.0. The number of nitrogens with one attached hydrogen (secondary N) is 2. The molecule has 16 atom stereocenters. The number of carbonyl (C=O) groups is 4. The van der Waals surface area contributed by atoms with Crippen LogP contribution in [-0.4, -0.2) is 120 Å². The minimum Gasteiger partial charge on any atom is -0.462 e. The summed E-state index contributed by atoms with van der Waals surface area (Å²) in [7, 11) is 3.16. The number of rotatable bonds is 28. The zero-order valence-electron chi connectivity index (χ0n) is 48.9. The maximum atomic E-state index is 13.7. The fourth-order valence-corrected chi connectivity index (χ4v) is 15.3. The van der Waals surface area contributed by atoms with Gasteiger partial charge in [0.05, 0.1) is 51.4 Å². The molecule has 4 aliphatic carbocycles. The van der Waals surface area contributed by atoms with E-state index >= 15 is 0 Å². The molecule has 15 nitrogen and oxygen atoms in total. The van der Waals surface area contributed by atoms with Gasteiger partial charge in [-0.1, -0.05) is 133 Å². The summed E-state index contributed by atoms with van der Waals surface area (Å²) in [6.07, 6.45) is 11.7. The number of Topliss-reactive ketones (excluding diaryl/α,β-unsaturated/α-hetero) is 1. The van der Waals surface area contributed by atoms with Crippen LogP contribution in [0.4, 0.5) is 0 Å². The second kappa shape index (κ2) is 27.8. The highest BCUT2D eigenvalue weighted by Gasteiger charge is 2.64. The zero-order chi connectivity index (χ0) is 56.3. The molecule has 0 radical (unpaired) electrons. The molecule has 2 aromatic rings. The van der Waals surface area contributed by atoms with E-state index in [0.717, 1.165) is 60.5 Å². The molecule has 2 heterocycles. The molecule has 0 aromatic heterocycles. The summed E-state index contributed by atoms with van der Waals surface area (Å²) >= 11 is 0. The predicted octanol–water partition coefficient (Wildman–Crippen LogP) is 10.2. The molecule has 2 aliphatic heterocycles. The van der Waals surface area contributed by atoms with E-state index in [9.17, 15) is 19.2 Å². The SMILES string of the molecule is COC1C2OC(c3ccccc3)OC(COCCOCCNC(=O)C(CC(=O)OCc3ccccc3)NC(C)C(=O)CCC(=O)OC3CC[C@@]4(C)C(=CC[C@@]5(C)[C@@H]6CC[C@H]([C@@H](C)CCCC(C)C)[C@@]6(C)CC[C@@H]54)C3)[C@H]2O[C@@H]1OC. The Bertz CT molecular complexity index is 2330. The third kappa shape index (κ3) is 14.6. The van der Waals surface area contributed by atoms with Crippen molar-refractivity contribution in [1.29, 1.82) is 0 Å². The van der Waals surface area contributed by atoms with Crippen molar-refractivity contribution in [3.8, 4) is 0 Å². The molecule has 7 unspecified atom stereocenters. The molecule has 2 saturated heterocycles. The van der Waals surface area contributed by atoms with Gasteiger partial charge in [-0.05, 0) is 103 Å². The molecule has 79 heavy (non-hydrogen) atoms. The van der Waals surface area contributed by atoms with Crippen LogP contribution in [0.25, 0.3) is 0 Å². The van der Waals surface area contributed by atoms with Crippen LogP contribution < -0.4 is 10.6 Å². The Morgan fingerprint density at radius 1 is 0.747 bits per heavy atom. The normalized spacial score (nSPS) is 33.1. The van der Waals surface area contributed by atoms with Crippen molar-refractivity contribution in [2.75, 3.05) is 47.2 Å². The van der Waals surface area contributed by atoms with Gasteiger partial charge in [0, 0.05) is 39.2 Å². The van der Waals surface area contributed by atoms with E-state index in [4.69, 9.17) is 42.6 Å². The lowest BCUT2D eigenvalue weighted by molar-refractivity contribution is -0.294. The summed E-state index contributed by atoms with van der Waals surface area (Å²) in [5, 5.41) is 5.90. The molecule has 6 aliphatic rings. The Labute approximate surface area is 471 Å². The minimum absolute atomic E-state index is 0.0421. The molecule has 0 spiro atoms. The lowest BCUT2D eigenvalue weighted by Gasteiger charge is -2.63. The Kier molecular flexibility index (Phi) is 21.5. The third-order valence-corrected chi connectivity index (χ3v) is 19.5. The van der Waals surface area contributed by atoms with E-state index < -0.39 is 66.9 Å². The topological polar surface area (TPSA) is 175 Å². The van der Waals surface area contributed by atoms with Gasteiger partial charge in [-0.2, -0.15) is 0 Å². The Morgan fingerprint density at radius 3 is 2.23 bits per heavy atom. The number of methoxy groups -OCH3 is 2. The highest BCUT2D eigenvalue weighted by atomic mass is 16.8. The third-order valence-electron chi connectivity index (χ3n) is 19.5. The molecular weight excluding hydrogens is 1000 g/mol. The Balaban J connectivity index is 0.778. The van der Waals surface area contributed by atoms with Crippen molar-refractivity contribution < 1.29 is 61.8 Å². The lowest BCUT2D eigenvalue weighted by atomic mass is 9.41. The van der Waals surface area contributed by atoms with E-state index in [1.165, 1.54) is 50.5 Å². The fraction of sp³-hybridized carbons (Fsp3) is 0.719. The van der Waals surface area contributed by atoms with Crippen LogP contribution in [0.3, 0.4) is 0 Å². The molecule has 3 saturated carbocycles. The van der Waals surface area contributed by atoms with E-state index in [2.05, 4.69) is 58.3 Å². The summed E-state index contributed by atoms with van der Waals surface area (Å²) in [6, 6.07) is 17.0. The van der Waals surface area contributed by atoms with Crippen molar-refractivity contribution in [3.05, 3.63) is 83.4 Å². The average molecular weight is 1100 g/mol. The minimum atomic E-state index is -1.09. The predicted molar refractivity (Wildman–Crippen MR) is 299 cm³/mol. The smallest absolute Gasteiger partial charge is 0.308 e. The Morgan fingerprint density at radius 2 is 1.49 bits per heavy atom. The fourth-order valence-electron chi connectivity index (χ4n) is 15.3. The number of allylic oxidation sites excluding steroid dienone is 1. The molecule has 8 rings (SSSR count). The van der Waals surface area contributed by atoms with Gasteiger partial charge < -0.3 is 47.9 Å². The number of ketones is 1. The quantitative estimate of drug-likeness (QED) is 0.0468. The number of hydrogen-bond donors (Lipinski definition) is 2. The summed E-state index contributed by atoms with van der Waals surface area (Å²) in [4.78, 5) is 53.9. The van der Waals surface area contributed by atoms with Gasteiger partial charge in [-0.3, -0.25) is 24.5 Å². The highest BCUT2D eigenvalue weighted by molar-refractivity contribution is 5.90. The van der Waals surface area contributed by atoms with Gasteiger partial charge in [0.1, 0.15) is 42.9 Å². The molecule has 438 valence electrons. The number of amides is 1. The first-order valence-electron chi connectivity index (χ1n) is 29.8. The van der Waals surface area contributed by atoms with Gasteiger partial charge in [0.25, 0.3) is 0 Å². The maximum absolute atomic E-state index is 13.7. The van der Waals surface area contributed by atoms with Crippen molar-refractivity contribution in [2.24, 2.45) is 45.8 Å². The van der Waals surface area contributed by atoms with Gasteiger partial charge >= 0.3 is 11.9 Å². The van der Waals surface area contributed by atoms with Crippen molar-refractivity contribution in [2.45, 2.75) is 200 Å². The van der Waals surface area contributed by atoms with Crippen molar-refractivity contribution >= 4 is 23.6 Å². The number of fused-ring (bicyclic) bond motifs is 6. The summed E-state index contributed by atoms with van der Waals surface area (Å²) in [6.45, 7) is 17.6. The number of esters is 2. The summed E-state index contributed by atoms with van der Waals surface area (Å²) < 4.78 is 53.5. The molecular formula is C64H94N2O13. The number of ether oxygens (including phenoxy) is 9. The first-order chi connectivity index (χ1) is 38.0. The molecule has 5 fully saturated rings. The van der Waals surface area contributed by atoms with E-state index in [1.807, 2.05) is 60.7 Å². The van der Waals surface area contributed by atoms with E-state index in [-0.39, 0.29) is 81.6 Å². The van der Waals surface area contributed by atoms with E-state index in [0.29, 0.717) is 11.3 Å². The van der Waals surface area contributed by atoms with Crippen LogP contribution in [0, 0.1) is 45.8 Å². The van der Waals surface area contributed by atoms with Crippen LogP contribution in [0.2, 0.25) is 0 Å². The number of hydrogen-bond acceptors (Lipinski definition) is 14. The summed E-state index contributed by atoms with van der Waals surface area (Å²) in [5.41, 5.74) is 3.90. The molecule has 1 amide bonds. The van der Waals surface area contributed by atoms with Gasteiger partial charge in [-0.25, -0.2) is 0 Å². The van der Waals surface area contributed by atoms with Crippen LogP contribution in [-0.2, 0) is 68.4 Å². The number of benzene rings is 2. The molecule has 2 aromatic carbocycles. The van der Waals surface area contributed by atoms with Crippen LogP contribution in [0.1, 0.15) is 156 Å². The monoisotopic (exact) mass is 1100 g/mol. The molecule has 0 bridgehead atoms. The average Bonchev–Trinajstić information content (AvgIpc) is 4.21. The van der Waals surface area contributed by atoms with E-state index in [1.54, 1.807) is 21.1 Å². The lowest BCUT2D eigenvalue weighted by Crippen LogP contribution is -2.56. The largest absolute Gasteiger partial charge is 0.462 e. The van der Waals surface area contributed by atoms with Crippen LogP contribution in [0.15, 0.2) is 72.3 Å². The second-order valence-electron chi connectivity index (χ2n) is 25.0. The highest BCUT2D eigenvalue weighted by Crippen LogP contribution is 2.72. The first-order valence-corrected chi connectivity index (χ1v) is 29.8. The number of carbonyl (C=O) groups excluding carboxylic acids is 4. The van der Waals surface area contributed by atoms with Crippen molar-refractivity contribution in [1.82, 2.24) is 10.6 Å². The van der Waals surface area contributed by atoms with Crippen LogP contribution in [0.5, 0.6) is 0 Å². The van der Waals surface area contributed by atoms with Crippen LogP contribution >= 0.6 is 0 Å². The zero-order valence-corrected chi connectivity index (χ0v) is 48.9. The first kappa shape index (κ1) is 61.0. The van der Waals surface area contributed by atoms with Gasteiger partial charge in [0.2, 0.25) is 5.91 Å². The summed E-state index contributed by atoms with van der Waals surface area (Å²) in [5.74, 6) is 1.96. The Hall–Kier alpha value is -4.06. The standard InChI is InChI=1S/C64H94N2O13/c1-41(2)17-16-18-42(3)48-23-25-52-63(48,6)32-29-53-62(5)31-28-47(37-46(62)27-30-64(52,53)7)76-54(68)26-24-50(67)43(4)66-49(38-55(69)75-39-44-19-12-10-13-20-44)59(70)65-33-34-73-35-36-74-40-51-56-57(58(71-8)61(72-9)78-56)79-60(77-51)45-21-14-11-15-22-45/h10-15,19-22,27,41-43,47-49,51-53,56-58,60-61,66H,16-18,23-26,28-40H2,1-9H3,(H,65,70)/t42-,43?,47?,48+,49?,51?,52+,53+,56+,57?,58?,60?,61-,62-,63+,64-/m0/s1. The maximum Gasteiger partial charge on any atom is 0.308 e. The van der Waals surface area contributed by atoms with Crippen molar-refractivity contribution in [3.63, 3.8) is 0 Å². The molecule has 15 heteroatoms.